The smallest absolute Gasteiger partial charge is 0.225 e. The SMILES string of the molecule is CCC1CCCN1C(=O)C(C)CCCN. The Morgan fingerprint density at radius 1 is 1.60 bits per heavy atom. The number of amides is 1. The second-order valence-corrected chi connectivity index (χ2v) is 4.57. The predicted molar refractivity (Wildman–Crippen MR) is 62.5 cm³/mol. The van der Waals surface area contributed by atoms with Gasteiger partial charge >= 0.3 is 0 Å². The van der Waals surface area contributed by atoms with Crippen molar-refractivity contribution >= 4 is 5.91 Å². The first-order valence-corrected chi connectivity index (χ1v) is 6.21. The lowest BCUT2D eigenvalue weighted by atomic mass is 10.0. The molecule has 2 N–H and O–H groups in total. The Hall–Kier alpha value is -0.570. The minimum Gasteiger partial charge on any atom is -0.339 e. The Bertz CT molecular complexity index is 206. The van der Waals surface area contributed by atoms with Crippen LogP contribution in [0.25, 0.3) is 0 Å². The molecule has 1 aliphatic rings. The van der Waals surface area contributed by atoms with Crippen LogP contribution in [0.3, 0.4) is 0 Å². The molecule has 0 aliphatic carbocycles. The molecule has 1 fully saturated rings. The lowest BCUT2D eigenvalue weighted by Crippen LogP contribution is -2.38. The third-order valence-corrected chi connectivity index (χ3v) is 3.39. The molecule has 88 valence electrons. The highest BCUT2D eigenvalue weighted by molar-refractivity contribution is 5.79. The first-order valence-electron chi connectivity index (χ1n) is 6.21. The Morgan fingerprint density at radius 2 is 2.33 bits per heavy atom. The molecule has 1 heterocycles. The van der Waals surface area contributed by atoms with E-state index in [1.165, 1.54) is 12.8 Å². The second kappa shape index (κ2) is 6.11. The van der Waals surface area contributed by atoms with Gasteiger partial charge in [-0.25, -0.2) is 0 Å². The standard InChI is InChI=1S/C12H24N2O/c1-3-11-7-5-9-14(11)12(15)10(2)6-4-8-13/h10-11H,3-9,13H2,1-2H3. The summed E-state index contributed by atoms with van der Waals surface area (Å²) in [4.78, 5) is 14.2. The molecule has 1 rings (SSSR count). The van der Waals surface area contributed by atoms with Crippen molar-refractivity contribution in [2.24, 2.45) is 11.7 Å². The van der Waals surface area contributed by atoms with E-state index in [1.54, 1.807) is 0 Å². The number of likely N-dealkylation sites (tertiary alicyclic amines) is 1. The van der Waals surface area contributed by atoms with E-state index in [0.29, 0.717) is 18.5 Å². The van der Waals surface area contributed by atoms with Crippen LogP contribution in [0, 0.1) is 5.92 Å². The van der Waals surface area contributed by atoms with Gasteiger partial charge in [0, 0.05) is 18.5 Å². The highest BCUT2D eigenvalue weighted by Crippen LogP contribution is 2.23. The van der Waals surface area contributed by atoms with Crippen LogP contribution in [0.5, 0.6) is 0 Å². The summed E-state index contributed by atoms with van der Waals surface area (Å²) in [6.07, 6.45) is 5.34. The first-order chi connectivity index (χ1) is 7.20. The summed E-state index contributed by atoms with van der Waals surface area (Å²) in [5, 5.41) is 0. The Labute approximate surface area is 93.0 Å². The molecule has 0 spiro atoms. The molecule has 0 aromatic heterocycles. The number of carbonyl (C=O) groups is 1. The van der Waals surface area contributed by atoms with E-state index >= 15 is 0 Å². The zero-order valence-electron chi connectivity index (χ0n) is 10.0. The van der Waals surface area contributed by atoms with Crippen molar-refractivity contribution in [2.45, 2.75) is 52.0 Å². The van der Waals surface area contributed by atoms with E-state index in [4.69, 9.17) is 5.73 Å². The highest BCUT2D eigenvalue weighted by Gasteiger charge is 2.29. The average molecular weight is 212 g/mol. The van der Waals surface area contributed by atoms with Gasteiger partial charge in [-0.05, 0) is 38.6 Å². The lowest BCUT2D eigenvalue weighted by molar-refractivity contribution is -0.136. The maximum absolute atomic E-state index is 12.1. The van der Waals surface area contributed by atoms with Gasteiger partial charge in [-0.3, -0.25) is 4.79 Å². The van der Waals surface area contributed by atoms with E-state index in [0.717, 1.165) is 25.8 Å². The van der Waals surface area contributed by atoms with Crippen LogP contribution in [0.4, 0.5) is 0 Å². The van der Waals surface area contributed by atoms with Crippen molar-refractivity contribution in [1.82, 2.24) is 4.90 Å². The fourth-order valence-corrected chi connectivity index (χ4v) is 2.38. The maximum Gasteiger partial charge on any atom is 0.225 e. The van der Waals surface area contributed by atoms with Crippen molar-refractivity contribution in [2.75, 3.05) is 13.1 Å². The van der Waals surface area contributed by atoms with Gasteiger partial charge in [0.25, 0.3) is 0 Å². The molecular weight excluding hydrogens is 188 g/mol. The van der Waals surface area contributed by atoms with E-state index in [2.05, 4.69) is 11.8 Å². The Balaban J connectivity index is 2.44. The van der Waals surface area contributed by atoms with Crippen LogP contribution in [-0.4, -0.2) is 29.9 Å². The summed E-state index contributed by atoms with van der Waals surface area (Å²) in [6, 6.07) is 0.498. The summed E-state index contributed by atoms with van der Waals surface area (Å²) in [5.41, 5.74) is 5.46. The van der Waals surface area contributed by atoms with Crippen LogP contribution >= 0.6 is 0 Å². The number of hydrogen-bond donors (Lipinski definition) is 1. The molecule has 3 nitrogen and oxygen atoms in total. The van der Waals surface area contributed by atoms with Crippen molar-refractivity contribution in [3.63, 3.8) is 0 Å². The van der Waals surface area contributed by atoms with Gasteiger partial charge in [-0.1, -0.05) is 13.8 Å². The number of hydrogen-bond acceptors (Lipinski definition) is 2. The lowest BCUT2D eigenvalue weighted by Gasteiger charge is -2.26. The summed E-state index contributed by atoms with van der Waals surface area (Å²) in [6.45, 7) is 5.85. The summed E-state index contributed by atoms with van der Waals surface area (Å²) >= 11 is 0. The average Bonchev–Trinajstić information content (AvgIpc) is 2.72. The number of rotatable bonds is 5. The second-order valence-electron chi connectivity index (χ2n) is 4.57. The molecule has 1 aliphatic heterocycles. The van der Waals surface area contributed by atoms with Crippen molar-refractivity contribution in [1.29, 1.82) is 0 Å². The zero-order chi connectivity index (χ0) is 11.3. The van der Waals surface area contributed by atoms with Gasteiger partial charge in [0.05, 0.1) is 0 Å². The quantitative estimate of drug-likeness (QED) is 0.755. The largest absolute Gasteiger partial charge is 0.339 e. The van der Waals surface area contributed by atoms with E-state index < -0.39 is 0 Å². The van der Waals surface area contributed by atoms with Gasteiger partial charge in [-0.15, -0.1) is 0 Å². The minimum atomic E-state index is 0.153. The normalized spacial score (nSPS) is 23.1. The molecule has 0 aromatic carbocycles. The third-order valence-electron chi connectivity index (χ3n) is 3.39. The molecule has 1 amide bonds. The molecule has 0 radical (unpaired) electrons. The number of nitrogens with zero attached hydrogens (tertiary/aromatic N) is 1. The van der Waals surface area contributed by atoms with Crippen LogP contribution in [0.2, 0.25) is 0 Å². The monoisotopic (exact) mass is 212 g/mol. The van der Waals surface area contributed by atoms with Gasteiger partial charge in [-0.2, -0.15) is 0 Å². The Morgan fingerprint density at radius 3 is 2.93 bits per heavy atom. The number of carbonyl (C=O) groups excluding carboxylic acids is 1. The van der Waals surface area contributed by atoms with Gasteiger partial charge < -0.3 is 10.6 Å². The first kappa shape index (κ1) is 12.5. The van der Waals surface area contributed by atoms with Crippen molar-refractivity contribution in [3.05, 3.63) is 0 Å². The predicted octanol–water partition coefficient (Wildman–Crippen LogP) is 1.76. The molecule has 0 aromatic rings. The molecule has 1 saturated heterocycles. The van der Waals surface area contributed by atoms with E-state index in [-0.39, 0.29) is 5.92 Å². The molecule has 15 heavy (non-hydrogen) atoms. The molecule has 2 atom stereocenters. The van der Waals surface area contributed by atoms with Crippen LogP contribution in [0.1, 0.15) is 46.0 Å². The zero-order valence-corrected chi connectivity index (χ0v) is 10.0. The summed E-state index contributed by atoms with van der Waals surface area (Å²) in [5.74, 6) is 0.494. The maximum atomic E-state index is 12.1. The highest BCUT2D eigenvalue weighted by atomic mass is 16.2. The van der Waals surface area contributed by atoms with E-state index in [9.17, 15) is 4.79 Å². The van der Waals surface area contributed by atoms with Crippen LogP contribution in [0.15, 0.2) is 0 Å². The topological polar surface area (TPSA) is 46.3 Å². The van der Waals surface area contributed by atoms with Crippen LogP contribution in [-0.2, 0) is 4.79 Å². The summed E-state index contributed by atoms with van der Waals surface area (Å²) in [7, 11) is 0. The molecule has 0 bridgehead atoms. The van der Waals surface area contributed by atoms with Crippen molar-refractivity contribution in [3.8, 4) is 0 Å². The molecular formula is C12H24N2O. The third kappa shape index (κ3) is 3.20. The molecule has 2 unspecified atom stereocenters. The van der Waals surface area contributed by atoms with Gasteiger partial charge in [0.15, 0.2) is 0 Å². The van der Waals surface area contributed by atoms with Crippen LogP contribution < -0.4 is 5.73 Å². The van der Waals surface area contributed by atoms with Gasteiger partial charge in [0.1, 0.15) is 0 Å². The van der Waals surface area contributed by atoms with Gasteiger partial charge in [0.2, 0.25) is 5.91 Å². The van der Waals surface area contributed by atoms with Crippen molar-refractivity contribution < 1.29 is 4.79 Å². The Kier molecular flexibility index (Phi) is 5.09. The fourth-order valence-electron chi connectivity index (χ4n) is 2.38. The minimum absolute atomic E-state index is 0.153. The summed E-state index contributed by atoms with van der Waals surface area (Å²) < 4.78 is 0. The fraction of sp³-hybridized carbons (Fsp3) is 0.917. The number of nitrogens with two attached hydrogens (primary N) is 1. The van der Waals surface area contributed by atoms with E-state index in [1.807, 2.05) is 6.92 Å². The molecule has 3 heteroatoms. The molecule has 0 saturated carbocycles.